The Morgan fingerprint density at radius 1 is 1.08 bits per heavy atom. The molecule has 3 heterocycles. The summed E-state index contributed by atoms with van der Waals surface area (Å²) in [5, 5.41) is 15.6. The van der Waals surface area contributed by atoms with Crippen molar-refractivity contribution in [2.24, 2.45) is 7.05 Å². The standard InChI is InChI=1S/C26H26N6O2S2/c1-4-14-31-24(20-15-35-21-13-9-8-12-19(20)21)28-29-26(31)36-16-22(33)27-23-17(2)30(3)32(25(23)34)18-10-6-5-7-11-18/h5-13,15H,4,14,16H2,1-3H3,(H,27,33). The zero-order valence-corrected chi connectivity index (χ0v) is 21.9. The normalized spacial score (nSPS) is 11.3. The minimum atomic E-state index is -0.264. The Labute approximate surface area is 216 Å². The molecule has 0 aliphatic heterocycles. The second kappa shape index (κ2) is 10.2. The van der Waals surface area contributed by atoms with E-state index in [0.29, 0.717) is 10.9 Å². The number of hydrogen-bond donors (Lipinski definition) is 1. The minimum Gasteiger partial charge on any atom is -0.319 e. The largest absolute Gasteiger partial charge is 0.319 e. The van der Waals surface area contributed by atoms with Crippen molar-refractivity contribution in [3.63, 3.8) is 0 Å². The number of benzene rings is 2. The SMILES string of the molecule is CCCn1c(SCC(=O)Nc2c(C)n(C)n(-c3ccccc3)c2=O)nnc1-c1csc2ccccc12. The van der Waals surface area contributed by atoms with Gasteiger partial charge >= 0.3 is 0 Å². The molecule has 1 amide bonds. The van der Waals surface area contributed by atoms with Gasteiger partial charge in [0.2, 0.25) is 5.91 Å². The molecule has 36 heavy (non-hydrogen) atoms. The van der Waals surface area contributed by atoms with Crippen LogP contribution in [0.25, 0.3) is 27.2 Å². The first-order valence-corrected chi connectivity index (χ1v) is 13.5. The highest BCUT2D eigenvalue weighted by atomic mass is 32.2. The summed E-state index contributed by atoms with van der Waals surface area (Å²) in [6.45, 7) is 4.67. The van der Waals surface area contributed by atoms with Crippen LogP contribution in [0.3, 0.4) is 0 Å². The van der Waals surface area contributed by atoms with Crippen molar-refractivity contribution in [1.82, 2.24) is 24.1 Å². The maximum Gasteiger partial charge on any atom is 0.295 e. The maximum absolute atomic E-state index is 13.1. The minimum absolute atomic E-state index is 0.116. The summed E-state index contributed by atoms with van der Waals surface area (Å²) >= 11 is 3.00. The number of nitrogens with one attached hydrogen (secondary N) is 1. The second-order valence-electron chi connectivity index (χ2n) is 8.38. The first kappa shape index (κ1) is 24.1. The van der Waals surface area contributed by atoms with Gasteiger partial charge in [-0.15, -0.1) is 21.5 Å². The van der Waals surface area contributed by atoms with Gasteiger partial charge in [-0.1, -0.05) is 55.1 Å². The number of carbonyl (C=O) groups excluding carboxylic acids is 1. The number of rotatable bonds is 8. The van der Waals surface area contributed by atoms with Crippen molar-refractivity contribution >= 4 is 44.8 Å². The van der Waals surface area contributed by atoms with Crippen LogP contribution in [0.5, 0.6) is 0 Å². The van der Waals surface area contributed by atoms with Crippen molar-refractivity contribution < 1.29 is 4.79 Å². The van der Waals surface area contributed by atoms with E-state index in [1.54, 1.807) is 27.7 Å². The number of fused-ring (bicyclic) bond motifs is 1. The summed E-state index contributed by atoms with van der Waals surface area (Å²) in [6, 6.07) is 17.6. The van der Waals surface area contributed by atoms with Crippen LogP contribution in [0.2, 0.25) is 0 Å². The van der Waals surface area contributed by atoms with E-state index in [1.165, 1.54) is 16.5 Å². The van der Waals surface area contributed by atoms with Gasteiger partial charge in [0.1, 0.15) is 5.69 Å². The maximum atomic E-state index is 13.1. The van der Waals surface area contributed by atoms with Crippen LogP contribution >= 0.6 is 23.1 Å². The van der Waals surface area contributed by atoms with Gasteiger partial charge in [-0.3, -0.25) is 14.3 Å². The van der Waals surface area contributed by atoms with Gasteiger partial charge in [-0.25, -0.2) is 4.68 Å². The predicted octanol–water partition coefficient (Wildman–Crippen LogP) is 5.10. The topological polar surface area (TPSA) is 86.7 Å². The lowest BCUT2D eigenvalue weighted by atomic mass is 10.1. The summed E-state index contributed by atoms with van der Waals surface area (Å²) in [5.74, 6) is 0.659. The quantitative estimate of drug-likeness (QED) is 0.289. The van der Waals surface area contributed by atoms with E-state index < -0.39 is 0 Å². The molecule has 1 N–H and O–H groups in total. The molecular formula is C26H26N6O2S2. The number of thiophene rings is 1. The summed E-state index contributed by atoms with van der Waals surface area (Å²) in [6.07, 6.45) is 0.912. The lowest BCUT2D eigenvalue weighted by Gasteiger charge is -2.08. The summed E-state index contributed by atoms with van der Waals surface area (Å²) in [7, 11) is 1.80. The Hall–Kier alpha value is -3.63. The predicted molar refractivity (Wildman–Crippen MR) is 146 cm³/mol. The second-order valence-corrected chi connectivity index (χ2v) is 10.2. The Morgan fingerprint density at radius 2 is 1.83 bits per heavy atom. The summed E-state index contributed by atoms with van der Waals surface area (Å²) < 4.78 is 6.57. The van der Waals surface area contributed by atoms with Crippen molar-refractivity contribution in [1.29, 1.82) is 0 Å². The molecule has 184 valence electrons. The number of aromatic nitrogens is 5. The number of para-hydroxylation sites is 1. The molecule has 0 aliphatic carbocycles. The van der Waals surface area contributed by atoms with E-state index in [4.69, 9.17) is 0 Å². The van der Waals surface area contributed by atoms with Crippen LogP contribution in [0, 0.1) is 6.92 Å². The van der Waals surface area contributed by atoms with Crippen LogP contribution in [-0.4, -0.2) is 35.8 Å². The third kappa shape index (κ3) is 4.38. The molecule has 5 rings (SSSR count). The Morgan fingerprint density at radius 3 is 2.61 bits per heavy atom. The van der Waals surface area contributed by atoms with Crippen molar-refractivity contribution in [2.45, 2.75) is 32.0 Å². The van der Waals surface area contributed by atoms with E-state index in [1.807, 2.05) is 49.4 Å². The fourth-order valence-corrected chi connectivity index (χ4v) is 5.89. The first-order valence-electron chi connectivity index (χ1n) is 11.7. The number of hydrogen-bond acceptors (Lipinski definition) is 6. The van der Waals surface area contributed by atoms with Crippen LogP contribution < -0.4 is 10.9 Å². The van der Waals surface area contributed by atoms with Crippen molar-refractivity contribution in [3.05, 3.63) is 76.0 Å². The molecule has 0 saturated heterocycles. The number of amides is 1. The van der Waals surface area contributed by atoms with E-state index in [-0.39, 0.29) is 22.9 Å². The molecule has 0 unspecified atom stereocenters. The molecule has 0 aliphatic rings. The fraction of sp³-hybridized carbons (Fsp3) is 0.231. The van der Waals surface area contributed by atoms with Crippen molar-refractivity contribution in [2.75, 3.05) is 11.1 Å². The molecule has 0 atom stereocenters. The van der Waals surface area contributed by atoms with Gasteiger partial charge in [-0.05, 0) is 31.5 Å². The van der Waals surface area contributed by atoms with Gasteiger partial charge in [0.05, 0.1) is 17.1 Å². The third-order valence-electron chi connectivity index (χ3n) is 6.04. The molecule has 3 aromatic heterocycles. The van der Waals surface area contributed by atoms with Crippen LogP contribution in [-0.2, 0) is 18.4 Å². The van der Waals surface area contributed by atoms with E-state index >= 15 is 0 Å². The number of thioether (sulfide) groups is 1. The molecule has 10 heteroatoms. The van der Waals surface area contributed by atoms with Gasteiger partial charge in [0.25, 0.3) is 5.56 Å². The molecule has 8 nitrogen and oxygen atoms in total. The molecule has 0 radical (unpaired) electrons. The van der Waals surface area contributed by atoms with Crippen LogP contribution in [0.15, 0.2) is 69.9 Å². The average Bonchev–Trinajstić information content (AvgIpc) is 3.55. The lowest BCUT2D eigenvalue weighted by Crippen LogP contribution is -2.23. The number of carbonyl (C=O) groups is 1. The monoisotopic (exact) mass is 518 g/mol. The highest BCUT2D eigenvalue weighted by molar-refractivity contribution is 7.99. The van der Waals surface area contributed by atoms with Gasteiger partial charge in [0.15, 0.2) is 11.0 Å². The Bertz CT molecular complexity index is 1600. The number of nitrogens with zero attached hydrogens (tertiary/aromatic N) is 5. The van der Waals surface area contributed by atoms with Gasteiger partial charge in [-0.2, -0.15) is 0 Å². The molecule has 0 spiro atoms. The zero-order chi connectivity index (χ0) is 25.2. The Kier molecular flexibility index (Phi) is 6.80. The third-order valence-corrected chi connectivity index (χ3v) is 7.97. The molecule has 5 aromatic rings. The molecule has 0 saturated carbocycles. The fourth-order valence-electron chi connectivity index (χ4n) is 4.19. The average molecular weight is 519 g/mol. The van der Waals surface area contributed by atoms with E-state index in [9.17, 15) is 9.59 Å². The van der Waals surface area contributed by atoms with Gasteiger partial charge < -0.3 is 9.88 Å². The summed E-state index contributed by atoms with van der Waals surface area (Å²) in [5.41, 5.74) is 2.49. The zero-order valence-electron chi connectivity index (χ0n) is 20.3. The van der Waals surface area contributed by atoms with E-state index in [0.717, 1.165) is 35.4 Å². The molecule has 0 fully saturated rings. The highest BCUT2D eigenvalue weighted by Crippen LogP contribution is 2.34. The lowest BCUT2D eigenvalue weighted by molar-refractivity contribution is -0.113. The first-order chi connectivity index (χ1) is 17.5. The molecule has 2 aromatic carbocycles. The van der Waals surface area contributed by atoms with Crippen LogP contribution in [0.1, 0.15) is 19.0 Å². The molecular weight excluding hydrogens is 492 g/mol. The molecule has 0 bridgehead atoms. The van der Waals surface area contributed by atoms with Gasteiger partial charge in [0, 0.05) is 34.6 Å². The van der Waals surface area contributed by atoms with Crippen LogP contribution in [0.4, 0.5) is 5.69 Å². The Balaban J connectivity index is 1.36. The van der Waals surface area contributed by atoms with E-state index in [2.05, 4.69) is 44.5 Å². The highest BCUT2D eigenvalue weighted by Gasteiger charge is 2.20. The number of anilines is 1. The summed E-state index contributed by atoms with van der Waals surface area (Å²) in [4.78, 5) is 26.0. The van der Waals surface area contributed by atoms with Crippen molar-refractivity contribution in [3.8, 4) is 17.1 Å². The smallest absolute Gasteiger partial charge is 0.295 e.